The second kappa shape index (κ2) is 7.98. The van der Waals surface area contributed by atoms with Gasteiger partial charge in [0.05, 0.1) is 13.3 Å². The fourth-order valence-electron chi connectivity index (χ4n) is 2.00. The van der Waals surface area contributed by atoms with Gasteiger partial charge in [-0.15, -0.1) is 0 Å². The highest BCUT2D eigenvalue weighted by Crippen LogP contribution is 2.16. The Balaban J connectivity index is 1.81. The van der Waals surface area contributed by atoms with Gasteiger partial charge in [0.25, 0.3) is 5.91 Å². The highest BCUT2D eigenvalue weighted by Gasteiger charge is 2.02. The summed E-state index contributed by atoms with van der Waals surface area (Å²) in [5, 5.41) is 3.95. The van der Waals surface area contributed by atoms with E-state index in [4.69, 9.17) is 9.47 Å². The van der Waals surface area contributed by atoms with E-state index in [0.717, 1.165) is 16.9 Å². The van der Waals surface area contributed by atoms with Gasteiger partial charge in [0.1, 0.15) is 11.5 Å². The quantitative estimate of drug-likeness (QED) is 0.659. The fraction of sp³-hybridized carbons (Fsp3) is 0.222. The number of methoxy groups -OCH3 is 1. The highest BCUT2D eigenvalue weighted by molar-refractivity contribution is 5.84. The Morgan fingerprint density at radius 2 is 1.83 bits per heavy atom. The maximum Gasteiger partial charge on any atom is 0.277 e. The van der Waals surface area contributed by atoms with Crippen molar-refractivity contribution in [3.63, 3.8) is 0 Å². The van der Waals surface area contributed by atoms with E-state index in [1.165, 1.54) is 5.56 Å². The summed E-state index contributed by atoms with van der Waals surface area (Å²) < 4.78 is 10.4. The van der Waals surface area contributed by atoms with Gasteiger partial charge in [0, 0.05) is 0 Å². The SMILES string of the molecule is COc1ccc(OCC(=O)N/N=C\c2ccc(C)cc2C)cc1. The molecule has 0 aromatic heterocycles. The Kier molecular flexibility index (Phi) is 5.74. The Morgan fingerprint density at radius 3 is 2.48 bits per heavy atom. The van der Waals surface area contributed by atoms with Crippen LogP contribution in [-0.2, 0) is 4.79 Å². The molecule has 2 aromatic carbocycles. The van der Waals surface area contributed by atoms with Gasteiger partial charge in [-0.3, -0.25) is 4.79 Å². The number of ether oxygens (including phenoxy) is 2. The molecule has 0 heterocycles. The van der Waals surface area contributed by atoms with Crippen LogP contribution in [0.1, 0.15) is 16.7 Å². The summed E-state index contributed by atoms with van der Waals surface area (Å²) in [5.41, 5.74) is 5.71. The van der Waals surface area contributed by atoms with Crippen molar-refractivity contribution in [2.45, 2.75) is 13.8 Å². The maximum atomic E-state index is 11.7. The zero-order chi connectivity index (χ0) is 16.7. The first-order chi connectivity index (χ1) is 11.1. The second-order valence-corrected chi connectivity index (χ2v) is 5.12. The molecule has 2 rings (SSSR count). The molecular formula is C18H20N2O3. The third-order valence-corrected chi connectivity index (χ3v) is 3.25. The summed E-state index contributed by atoms with van der Waals surface area (Å²) in [4.78, 5) is 11.7. The van der Waals surface area contributed by atoms with Gasteiger partial charge in [0.2, 0.25) is 0 Å². The van der Waals surface area contributed by atoms with Crippen LogP contribution >= 0.6 is 0 Å². The molecule has 0 bridgehead atoms. The molecule has 0 fully saturated rings. The summed E-state index contributed by atoms with van der Waals surface area (Å²) in [6.45, 7) is 3.94. The van der Waals surface area contributed by atoms with Crippen molar-refractivity contribution >= 4 is 12.1 Å². The van der Waals surface area contributed by atoms with Crippen molar-refractivity contribution in [1.29, 1.82) is 0 Å². The third kappa shape index (κ3) is 5.14. The molecule has 5 nitrogen and oxygen atoms in total. The van der Waals surface area contributed by atoms with Gasteiger partial charge in [0.15, 0.2) is 6.61 Å². The fourth-order valence-corrected chi connectivity index (χ4v) is 2.00. The molecule has 0 saturated carbocycles. The number of hydrogen-bond donors (Lipinski definition) is 1. The van der Waals surface area contributed by atoms with Crippen LogP contribution in [0.5, 0.6) is 11.5 Å². The molecule has 0 saturated heterocycles. The highest BCUT2D eigenvalue weighted by atomic mass is 16.5. The molecule has 0 aliphatic carbocycles. The third-order valence-electron chi connectivity index (χ3n) is 3.25. The average Bonchev–Trinajstić information content (AvgIpc) is 2.55. The minimum Gasteiger partial charge on any atom is -0.497 e. The molecule has 0 aliphatic heterocycles. The number of rotatable bonds is 6. The lowest BCUT2D eigenvalue weighted by Crippen LogP contribution is -2.24. The Hall–Kier alpha value is -2.82. The topological polar surface area (TPSA) is 59.9 Å². The predicted octanol–water partition coefficient (Wildman–Crippen LogP) is 2.84. The van der Waals surface area contributed by atoms with E-state index in [0.29, 0.717) is 5.75 Å². The van der Waals surface area contributed by atoms with E-state index in [9.17, 15) is 4.79 Å². The van der Waals surface area contributed by atoms with Gasteiger partial charge in [-0.2, -0.15) is 5.10 Å². The summed E-state index contributed by atoms with van der Waals surface area (Å²) >= 11 is 0. The number of carbonyl (C=O) groups excluding carboxylic acids is 1. The molecule has 0 spiro atoms. The summed E-state index contributed by atoms with van der Waals surface area (Å²) in [7, 11) is 1.59. The molecule has 23 heavy (non-hydrogen) atoms. The van der Waals surface area contributed by atoms with Crippen molar-refractivity contribution in [1.82, 2.24) is 5.43 Å². The minimum absolute atomic E-state index is 0.101. The number of nitrogens with zero attached hydrogens (tertiary/aromatic N) is 1. The lowest BCUT2D eigenvalue weighted by Gasteiger charge is -2.06. The van der Waals surface area contributed by atoms with Crippen molar-refractivity contribution in [2.75, 3.05) is 13.7 Å². The molecule has 1 N–H and O–H groups in total. The van der Waals surface area contributed by atoms with Crippen LogP contribution in [-0.4, -0.2) is 25.8 Å². The maximum absolute atomic E-state index is 11.7. The van der Waals surface area contributed by atoms with Gasteiger partial charge in [-0.1, -0.05) is 23.8 Å². The molecule has 0 unspecified atom stereocenters. The monoisotopic (exact) mass is 312 g/mol. The first-order valence-corrected chi connectivity index (χ1v) is 7.24. The zero-order valence-electron chi connectivity index (χ0n) is 13.5. The number of hydrazone groups is 1. The molecule has 0 aliphatic rings. The van der Waals surface area contributed by atoms with E-state index < -0.39 is 0 Å². The molecule has 5 heteroatoms. The molecule has 120 valence electrons. The van der Waals surface area contributed by atoms with E-state index in [1.54, 1.807) is 37.6 Å². The van der Waals surface area contributed by atoms with Crippen LogP contribution in [0.2, 0.25) is 0 Å². The van der Waals surface area contributed by atoms with E-state index >= 15 is 0 Å². The van der Waals surface area contributed by atoms with E-state index in [2.05, 4.69) is 16.6 Å². The number of amides is 1. The van der Waals surface area contributed by atoms with E-state index in [-0.39, 0.29) is 12.5 Å². The van der Waals surface area contributed by atoms with Crippen LogP contribution in [0.4, 0.5) is 0 Å². The Labute approximate surface area is 135 Å². The number of nitrogens with one attached hydrogen (secondary N) is 1. The lowest BCUT2D eigenvalue weighted by molar-refractivity contribution is -0.123. The summed E-state index contributed by atoms with van der Waals surface area (Å²) in [6, 6.07) is 13.1. The Bertz CT molecular complexity index is 694. The molecular weight excluding hydrogens is 292 g/mol. The molecule has 1 amide bonds. The van der Waals surface area contributed by atoms with Crippen molar-refractivity contribution in [3.8, 4) is 11.5 Å². The van der Waals surface area contributed by atoms with Gasteiger partial charge < -0.3 is 9.47 Å². The van der Waals surface area contributed by atoms with Crippen molar-refractivity contribution in [3.05, 3.63) is 59.2 Å². The lowest BCUT2D eigenvalue weighted by atomic mass is 10.1. The average molecular weight is 312 g/mol. The normalized spacial score (nSPS) is 10.6. The smallest absolute Gasteiger partial charge is 0.277 e. The Morgan fingerprint density at radius 1 is 1.13 bits per heavy atom. The standard InChI is InChI=1S/C18H20N2O3/c1-13-4-5-15(14(2)10-13)11-19-20-18(21)12-23-17-8-6-16(22-3)7-9-17/h4-11H,12H2,1-3H3,(H,20,21)/b19-11-. The van der Waals surface area contributed by atoms with Crippen LogP contribution < -0.4 is 14.9 Å². The number of aryl methyl sites for hydroxylation is 2. The van der Waals surface area contributed by atoms with Gasteiger partial charge in [-0.25, -0.2) is 5.43 Å². The van der Waals surface area contributed by atoms with E-state index in [1.807, 2.05) is 26.0 Å². The molecule has 0 radical (unpaired) electrons. The summed E-state index contributed by atoms with van der Waals surface area (Å²) in [6.07, 6.45) is 1.63. The number of benzene rings is 2. The molecule has 2 aromatic rings. The number of carbonyl (C=O) groups is 1. The first-order valence-electron chi connectivity index (χ1n) is 7.24. The molecule has 0 atom stereocenters. The predicted molar refractivity (Wildman–Crippen MR) is 90.1 cm³/mol. The first kappa shape index (κ1) is 16.5. The van der Waals surface area contributed by atoms with Crippen molar-refractivity contribution < 1.29 is 14.3 Å². The van der Waals surface area contributed by atoms with Crippen LogP contribution in [0.3, 0.4) is 0 Å². The van der Waals surface area contributed by atoms with Crippen LogP contribution in [0, 0.1) is 13.8 Å². The second-order valence-electron chi connectivity index (χ2n) is 5.12. The van der Waals surface area contributed by atoms with Gasteiger partial charge >= 0.3 is 0 Å². The van der Waals surface area contributed by atoms with Gasteiger partial charge in [-0.05, 0) is 49.2 Å². The van der Waals surface area contributed by atoms with Crippen molar-refractivity contribution in [2.24, 2.45) is 5.10 Å². The summed E-state index contributed by atoms with van der Waals surface area (Å²) in [5.74, 6) is 1.01. The van der Waals surface area contributed by atoms with Crippen LogP contribution in [0.15, 0.2) is 47.6 Å². The number of hydrogen-bond acceptors (Lipinski definition) is 4. The van der Waals surface area contributed by atoms with Crippen LogP contribution in [0.25, 0.3) is 0 Å². The minimum atomic E-state index is -0.318. The largest absolute Gasteiger partial charge is 0.497 e. The zero-order valence-corrected chi connectivity index (χ0v) is 13.5.